The number of hydrogen-bond donors (Lipinski definition) is 1. The maximum Gasteiger partial charge on any atom is 0.407 e. The lowest BCUT2D eigenvalue weighted by molar-refractivity contribution is -0.184. The van der Waals surface area contributed by atoms with E-state index < -0.39 is 5.97 Å². The minimum Gasteiger partial charge on any atom is -0.457 e. The van der Waals surface area contributed by atoms with E-state index in [4.69, 9.17) is 5.26 Å². The summed E-state index contributed by atoms with van der Waals surface area (Å²) in [6, 6.07) is 2.91. The highest BCUT2D eigenvalue weighted by Crippen LogP contribution is 1.99. The predicted octanol–water partition coefficient (Wildman–Crippen LogP) is 0.909. The zero-order chi connectivity index (χ0) is 6.69. The predicted molar refractivity (Wildman–Crippen MR) is 26.8 cm³/mol. The van der Waals surface area contributed by atoms with Gasteiger partial charge >= 0.3 is 5.97 Å². The van der Waals surface area contributed by atoms with Gasteiger partial charge in [-0.25, -0.2) is 4.79 Å². The molecule has 0 bridgehead atoms. The van der Waals surface area contributed by atoms with Crippen molar-refractivity contribution in [3.63, 3.8) is 0 Å². The molecule has 1 heterocycles. The van der Waals surface area contributed by atoms with Gasteiger partial charge in [0, 0.05) is 0 Å². The lowest BCUT2D eigenvalue weighted by Gasteiger charge is -1.86. The van der Waals surface area contributed by atoms with E-state index >= 15 is 0 Å². The Kier molecular flexibility index (Phi) is 1.51. The van der Waals surface area contributed by atoms with Gasteiger partial charge in [-0.05, 0) is 12.1 Å². The molecule has 48 valence electrons. The van der Waals surface area contributed by atoms with Gasteiger partial charge in [-0.15, -0.1) is 0 Å². The zero-order valence-corrected chi connectivity index (χ0v) is 4.40. The number of hydrogen-bond acceptors (Lipinski definition) is 4. The van der Waals surface area contributed by atoms with Gasteiger partial charge in [0.1, 0.15) is 0 Å². The number of carbonyl (C=O) groups is 1. The van der Waals surface area contributed by atoms with Crippen molar-refractivity contribution in [1.82, 2.24) is 0 Å². The standard InChI is InChI=1S/C5H4O4/c6-5(9-7)4-2-1-3-8-4/h1-3,7H. The number of furan rings is 1. The SMILES string of the molecule is O=C(OO)c1ccco1. The first-order valence-electron chi connectivity index (χ1n) is 2.24. The second kappa shape index (κ2) is 2.32. The summed E-state index contributed by atoms with van der Waals surface area (Å²) < 4.78 is 4.55. The highest BCUT2D eigenvalue weighted by atomic mass is 17.1. The first kappa shape index (κ1) is 5.84. The third kappa shape index (κ3) is 1.09. The van der Waals surface area contributed by atoms with Crippen molar-refractivity contribution in [2.24, 2.45) is 0 Å². The zero-order valence-electron chi connectivity index (χ0n) is 4.40. The van der Waals surface area contributed by atoms with Crippen LogP contribution in [0.15, 0.2) is 22.8 Å². The molecule has 1 aromatic heterocycles. The van der Waals surface area contributed by atoms with Gasteiger partial charge in [0.15, 0.2) is 0 Å². The highest BCUT2D eigenvalue weighted by molar-refractivity contribution is 5.85. The molecular formula is C5H4O4. The summed E-state index contributed by atoms with van der Waals surface area (Å²) in [5, 5.41) is 7.80. The Morgan fingerprint density at radius 2 is 2.56 bits per heavy atom. The normalized spacial score (nSPS) is 9.00. The number of rotatable bonds is 1. The van der Waals surface area contributed by atoms with Gasteiger partial charge in [0.25, 0.3) is 0 Å². The minimum absolute atomic E-state index is 0.0162. The van der Waals surface area contributed by atoms with Crippen molar-refractivity contribution in [2.75, 3.05) is 0 Å². The third-order valence-corrected chi connectivity index (χ3v) is 0.805. The van der Waals surface area contributed by atoms with Crippen LogP contribution in [0.3, 0.4) is 0 Å². The molecule has 1 rings (SSSR count). The van der Waals surface area contributed by atoms with Crippen LogP contribution in [0.2, 0.25) is 0 Å². The molecule has 0 aliphatic carbocycles. The van der Waals surface area contributed by atoms with Gasteiger partial charge in [-0.3, -0.25) is 4.89 Å². The Bertz CT molecular complexity index is 189. The van der Waals surface area contributed by atoms with E-state index in [1.165, 1.54) is 18.4 Å². The molecule has 0 atom stereocenters. The fourth-order valence-corrected chi connectivity index (χ4v) is 0.440. The molecule has 0 fully saturated rings. The maximum absolute atomic E-state index is 10.3. The molecule has 0 unspecified atom stereocenters. The molecule has 4 heteroatoms. The second-order valence-electron chi connectivity index (χ2n) is 1.36. The molecule has 0 aromatic carbocycles. The molecule has 0 saturated carbocycles. The Morgan fingerprint density at radius 3 is 3.00 bits per heavy atom. The van der Waals surface area contributed by atoms with E-state index in [0.29, 0.717) is 0 Å². The van der Waals surface area contributed by atoms with Crippen LogP contribution in [-0.2, 0) is 4.89 Å². The van der Waals surface area contributed by atoms with Gasteiger partial charge in [0.2, 0.25) is 5.76 Å². The fourth-order valence-electron chi connectivity index (χ4n) is 0.440. The van der Waals surface area contributed by atoms with Crippen LogP contribution in [0, 0.1) is 0 Å². The van der Waals surface area contributed by atoms with Crippen molar-refractivity contribution in [3.8, 4) is 0 Å². The van der Waals surface area contributed by atoms with Crippen molar-refractivity contribution in [2.45, 2.75) is 0 Å². The molecule has 0 spiro atoms. The maximum atomic E-state index is 10.3. The molecule has 4 nitrogen and oxygen atoms in total. The third-order valence-electron chi connectivity index (χ3n) is 0.805. The van der Waals surface area contributed by atoms with Crippen molar-refractivity contribution < 1.29 is 19.4 Å². The Balaban J connectivity index is 2.77. The highest BCUT2D eigenvalue weighted by Gasteiger charge is 2.07. The molecule has 9 heavy (non-hydrogen) atoms. The van der Waals surface area contributed by atoms with Crippen molar-refractivity contribution >= 4 is 5.97 Å². The van der Waals surface area contributed by atoms with E-state index in [9.17, 15) is 4.79 Å². The smallest absolute Gasteiger partial charge is 0.407 e. The van der Waals surface area contributed by atoms with Gasteiger partial charge in [-0.2, -0.15) is 5.26 Å². The van der Waals surface area contributed by atoms with Crippen LogP contribution in [0.1, 0.15) is 10.6 Å². The van der Waals surface area contributed by atoms with Crippen molar-refractivity contribution in [1.29, 1.82) is 0 Å². The van der Waals surface area contributed by atoms with Gasteiger partial charge in [-0.1, -0.05) is 0 Å². The summed E-state index contributed by atoms with van der Waals surface area (Å²) >= 11 is 0. The molecular weight excluding hydrogens is 124 g/mol. The first-order valence-corrected chi connectivity index (χ1v) is 2.24. The summed E-state index contributed by atoms with van der Waals surface area (Å²) in [7, 11) is 0. The van der Waals surface area contributed by atoms with E-state index in [-0.39, 0.29) is 5.76 Å². The lowest BCUT2D eigenvalue weighted by atomic mass is 10.5. The van der Waals surface area contributed by atoms with Crippen LogP contribution >= 0.6 is 0 Å². The quantitative estimate of drug-likeness (QED) is 0.451. The summed E-state index contributed by atoms with van der Waals surface area (Å²) in [5.74, 6) is -0.905. The van der Waals surface area contributed by atoms with E-state index in [1.54, 1.807) is 0 Å². The Labute approximate surface area is 50.6 Å². The average molecular weight is 128 g/mol. The van der Waals surface area contributed by atoms with Gasteiger partial charge < -0.3 is 4.42 Å². The van der Waals surface area contributed by atoms with E-state index in [2.05, 4.69) is 9.30 Å². The average Bonchev–Trinajstić information content (AvgIpc) is 2.37. The topological polar surface area (TPSA) is 59.7 Å². The molecule has 0 radical (unpaired) electrons. The second-order valence-corrected chi connectivity index (χ2v) is 1.36. The minimum atomic E-state index is -0.889. The Hall–Kier alpha value is -1.29. The first-order chi connectivity index (χ1) is 4.34. The summed E-state index contributed by atoms with van der Waals surface area (Å²) in [5.41, 5.74) is 0. The molecule has 1 aromatic rings. The number of carbonyl (C=O) groups excluding carboxylic acids is 1. The van der Waals surface area contributed by atoms with Crippen LogP contribution in [-0.4, -0.2) is 11.2 Å². The van der Waals surface area contributed by atoms with Crippen LogP contribution in [0.4, 0.5) is 0 Å². The summed E-state index contributed by atoms with van der Waals surface area (Å²) in [4.78, 5) is 13.7. The van der Waals surface area contributed by atoms with Crippen molar-refractivity contribution in [3.05, 3.63) is 24.2 Å². The molecule has 1 N–H and O–H groups in total. The van der Waals surface area contributed by atoms with Crippen LogP contribution in [0.5, 0.6) is 0 Å². The van der Waals surface area contributed by atoms with Gasteiger partial charge in [0.05, 0.1) is 6.26 Å². The van der Waals surface area contributed by atoms with E-state index in [0.717, 1.165) is 0 Å². The molecule has 0 aliphatic heterocycles. The lowest BCUT2D eigenvalue weighted by Crippen LogP contribution is -1.98. The largest absolute Gasteiger partial charge is 0.457 e. The Morgan fingerprint density at radius 1 is 1.78 bits per heavy atom. The summed E-state index contributed by atoms with van der Waals surface area (Å²) in [6.45, 7) is 0. The summed E-state index contributed by atoms with van der Waals surface area (Å²) in [6.07, 6.45) is 1.31. The fraction of sp³-hybridized carbons (Fsp3) is 0. The van der Waals surface area contributed by atoms with E-state index in [1.807, 2.05) is 0 Å². The molecule has 0 amide bonds. The molecule has 0 aliphatic rings. The van der Waals surface area contributed by atoms with Crippen LogP contribution < -0.4 is 0 Å². The molecule has 0 saturated heterocycles. The van der Waals surface area contributed by atoms with Crippen LogP contribution in [0.25, 0.3) is 0 Å². The monoisotopic (exact) mass is 128 g/mol.